The molecule has 0 aromatic heterocycles. The van der Waals surface area contributed by atoms with Crippen molar-refractivity contribution < 1.29 is 4.79 Å². The van der Waals surface area contributed by atoms with Gasteiger partial charge in [-0.25, -0.2) is 0 Å². The molecule has 2 N–H and O–H groups in total. The number of hydrogen-bond donors (Lipinski definition) is 1. The van der Waals surface area contributed by atoms with Crippen LogP contribution in [0.4, 0.5) is 5.69 Å². The minimum absolute atomic E-state index is 0.141. The summed E-state index contributed by atoms with van der Waals surface area (Å²) in [6.45, 7) is 1.10. The molecule has 3 heteroatoms. The van der Waals surface area contributed by atoms with Crippen molar-refractivity contribution in [2.45, 2.75) is 51.4 Å². The first-order chi connectivity index (χ1) is 12.7. The van der Waals surface area contributed by atoms with Crippen LogP contribution in [0.25, 0.3) is 5.57 Å². The molecule has 4 fully saturated rings. The highest BCUT2D eigenvalue weighted by atomic mass is 16.2. The Labute approximate surface area is 156 Å². The maximum absolute atomic E-state index is 12.9. The van der Waals surface area contributed by atoms with Gasteiger partial charge in [-0.3, -0.25) is 4.79 Å². The number of nitrogens with zero attached hydrogens (tertiary/aromatic N) is 1. The molecule has 1 aromatic rings. The van der Waals surface area contributed by atoms with E-state index in [-0.39, 0.29) is 5.91 Å². The summed E-state index contributed by atoms with van der Waals surface area (Å²) in [5.41, 5.74) is 9.34. The molecule has 26 heavy (non-hydrogen) atoms. The second kappa shape index (κ2) is 6.23. The average molecular weight is 351 g/mol. The van der Waals surface area contributed by atoms with Crippen LogP contribution in [0.5, 0.6) is 0 Å². The summed E-state index contributed by atoms with van der Waals surface area (Å²) in [4.78, 5) is 14.8. The molecule has 1 aliphatic heterocycles. The average Bonchev–Trinajstić information content (AvgIpc) is 2.87. The third kappa shape index (κ3) is 2.63. The normalized spacial score (nSPS) is 36.2. The Balaban J connectivity index is 1.34. The number of carbonyl (C=O) groups excluding carboxylic acids is 1. The van der Waals surface area contributed by atoms with Gasteiger partial charge in [0.25, 0.3) is 5.91 Å². The molecule has 6 rings (SSSR count). The summed E-state index contributed by atoms with van der Waals surface area (Å²) in [6.07, 6.45) is 13.4. The van der Waals surface area contributed by atoms with E-state index in [4.69, 9.17) is 5.73 Å². The quantitative estimate of drug-likeness (QED) is 0.802. The minimum Gasteiger partial charge on any atom is -0.329 e. The first-order valence-corrected chi connectivity index (χ1v) is 10.5. The van der Waals surface area contributed by atoms with E-state index in [0.717, 1.165) is 41.0 Å². The largest absolute Gasteiger partial charge is 0.329 e. The van der Waals surface area contributed by atoms with E-state index >= 15 is 0 Å². The van der Waals surface area contributed by atoms with Crippen molar-refractivity contribution in [3.05, 3.63) is 35.9 Å². The number of hydrogen-bond acceptors (Lipinski definition) is 2. The highest BCUT2D eigenvalue weighted by molar-refractivity contribution is 6.32. The van der Waals surface area contributed by atoms with Gasteiger partial charge in [0.1, 0.15) is 0 Å². The lowest BCUT2D eigenvalue weighted by atomic mass is 9.48. The summed E-state index contributed by atoms with van der Waals surface area (Å²) in [6, 6.07) is 8.17. The van der Waals surface area contributed by atoms with Crippen LogP contribution < -0.4 is 10.6 Å². The van der Waals surface area contributed by atoms with Crippen LogP contribution >= 0.6 is 0 Å². The number of allylic oxidation sites excluding steroid dienone is 1. The predicted octanol–water partition coefficient (Wildman–Crippen LogP) is 4.37. The monoisotopic (exact) mass is 350 g/mol. The van der Waals surface area contributed by atoms with Crippen LogP contribution in [0.2, 0.25) is 0 Å². The standard InChI is InChI=1S/C23H30N2O/c24-8-9-25-21-6-2-1-4-19(21)20(22(25)26)5-3-7-23-13-16-10-17(14-23)12-18(11-16)15-23/h1-2,4-6,16-18H,3,7-15,24H2. The fourth-order valence-electron chi connectivity index (χ4n) is 6.97. The SMILES string of the molecule is NCCN1C(=O)C(=CCCC23CC4CC(CC(C4)C2)C3)c2ccccc21. The molecular weight excluding hydrogens is 320 g/mol. The van der Waals surface area contributed by atoms with Gasteiger partial charge >= 0.3 is 0 Å². The zero-order valence-corrected chi connectivity index (χ0v) is 15.6. The maximum atomic E-state index is 12.9. The van der Waals surface area contributed by atoms with E-state index in [0.29, 0.717) is 18.5 Å². The van der Waals surface area contributed by atoms with Crippen LogP contribution in [0.1, 0.15) is 56.9 Å². The van der Waals surface area contributed by atoms with Gasteiger partial charge < -0.3 is 10.6 Å². The number of rotatable bonds is 5. The molecule has 0 spiro atoms. The molecule has 1 aromatic carbocycles. The lowest BCUT2D eigenvalue weighted by Gasteiger charge is -2.57. The molecular formula is C23H30N2O. The zero-order valence-electron chi connectivity index (χ0n) is 15.6. The summed E-state index contributed by atoms with van der Waals surface area (Å²) < 4.78 is 0. The minimum atomic E-state index is 0.141. The van der Waals surface area contributed by atoms with Crippen LogP contribution in [-0.4, -0.2) is 19.0 Å². The molecule has 4 aliphatic carbocycles. The Morgan fingerprint density at radius 1 is 1.08 bits per heavy atom. The van der Waals surface area contributed by atoms with E-state index in [1.807, 2.05) is 23.1 Å². The highest BCUT2D eigenvalue weighted by Gasteiger charge is 2.50. The van der Waals surface area contributed by atoms with Crippen molar-refractivity contribution in [3.8, 4) is 0 Å². The molecule has 4 saturated carbocycles. The first kappa shape index (κ1) is 16.6. The molecule has 0 unspecified atom stereocenters. The van der Waals surface area contributed by atoms with Crippen molar-refractivity contribution >= 4 is 17.2 Å². The molecule has 0 saturated heterocycles. The van der Waals surface area contributed by atoms with Gasteiger partial charge in [-0.15, -0.1) is 0 Å². The number of fused-ring (bicyclic) bond motifs is 1. The lowest BCUT2D eigenvalue weighted by Crippen LogP contribution is -2.45. The van der Waals surface area contributed by atoms with E-state index in [1.165, 1.54) is 44.9 Å². The van der Waals surface area contributed by atoms with Gasteiger partial charge in [-0.05, 0) is 80.6 Å². The van der Waals surface area contributed by atoms with Crippen LogP contribution in [0, 0.1) is 23.2 Å². The van der Waals surface area contributed by atoms with E-state index in [2.05, 4.69) is 12.1 Å². The zero-order chi connectivity index (χ0) is 17.7. The van der Waals surface area contributed by atoms with Crippen LogP contribution in [0.15, 0.2) is 30.3 Å². The predicted molar refractivity (Wildman–Crippen MR) is 106 cm³/mol. The Morgan fingerprint density at radius 2 is 1.73 bits per heavy atom. The highest BCUT2D eigenvalue weighted by Crippen LogP contribution is 2.61. The molecule has 3 nitrogen and oxygen atoms in total. The number of benzene rings is 1. The summed E-state index contributed by atoms with van der Waals surface area (Å²) in [7, 11) is 0. The van der Waals surface area contributed by atoms with Crippen molar-refractivity contribution in [2.75, 3.05) is 18.0 Å². The Bertz CT molecular complexity index is 715. The second-order valence-electron chi connectivity index (χ2n) is 9.34. The van der Waals surface area contributed by atoms with Crippen molar-refractivity contribution in [1.29, 1.82) is 0 Å². The smallest absolute Gasteiger partial charge is 0.258 e. The van der Waals surface area contributed by atoms with Gasteiger partial charge in [0.2, 0.25) is 0 Å². The molecule has 138 valence electrons. The van der Waals surface area contributed by atoms with E-state index in [9.17, 15) is 4.79 Å². The van der Waals surface area contributed by atoms with Crippen molar-refractivity contribution in [2.24, 2.45) is 28.9 Å². The number of anilines is 1. The molecule has 4 bridgehead atoms. The molecule has 1 heterocycles. The Hall–Kier alpha value is -1.61. The fourth-order valence-corrected chi connectivity index (χ4v) is 6.97. The fraction of sp³-hybridized carbons (Fsp3) is 0.609. The first-order valence-electron chi connectivity index (χ1n) is 10.5. The van der Waals surface area contributed by atoms with Crippen LogP contribution in [0.3, 0.4) is 0 Å². The summed E-state index contributed by atoms with van der Waals surface area (Å²) in [5.74, 6) is 3.15. The third-order valence-corrected chi connectivity index (χ3v) is 7.50. The summed E-state index contributed by atoms with van der Waals surface area (Å²) in [5, 5.41) is 0. The van der Waals surface area contributed by atoms with Crippen molar-refractivity contribution in [3.63, 3.8) is 0 Å². The third-order valence-electron chi connectivity index (χ3n) is 7.50. The van der Waals surface area contributed by atoms with Gasteiger partial charge in [-0.1, -0.05) is 24.3 Å². The molecule has 0 atom stereocenters. The van der Waals surface area contributed by atoms with Crippen LogP contribution in [-0.2, 0) is 4.79 Å². The van der Waals surface area contributed by atoms with Gasteiger partial charge in [0.15, 0.2) is 0 Å². The van der Waals surface area contributed by atoms with E-state index in [1.54, 1.807) is 0 Å². The second-order valence-corrected chi connectivity index (χ2v) is 9.34. The maximum Gasteiger partial charge on any atom is 0.258 e. The lowest BCUT2D eigenvalue weighted by molar-refractivity contribution is -0.113. The Morgan fingerprint density at radius 3 is 2.38 bits per heavy atom. The van der Waals surface area contributed by atoms with Gasteiger partial charge in [0.05, 0.1) is 5.69 Å². The molecule has 5 aliphatic rings. The van der Waals surface area contributed by atoms with E-state index < -0.39 is 0 Å². The van der Waals surface area contributed by atoms with Crippen molar-refractivity contribution in [1.82, 2.24) is 0 Å². The van der Waals surface area contributed by atoms with Gasteiger partial charge in [0, 0.05) is 24.2 Å². The Kier molecular flexibility index (Phi) is 3.97. The number of carbonyl (C=O) groups is 1. The van der Waals surface area contributed by atoms with Gasteiger partial charge in [-0.2, -0.15) is 0 Å². The summed E-state index contributed by atoms with van der Waals surface area (Å²) >= 11 is 0. The number of para-hydroxylation sites is 1. The molecule has 0 radical (unpaired) electrons. The number of amides is 1. The topological polar surface area (TPSA) is 46.3 Å². The number of nitrogens with two attached hydrogens (primary N) is 1. The molecule has 1 amide bonds.